The van der Waals surface area contributed by atoms with Crippen molar-refractivity contribution < 1.29 is 9.59 Å². The van der Waals surface area contributed by atoms with E-state index in [1.54, 1.807) is 11.3 Å². The Balaban J connectivity index is 1.32. The van der Waals surface area contributed by atoms with Gasteiger partial charge in [0, 0.05) is 24.4 Å². The summed E-state index contributed by atoms with van der Waals surface area (Å²) < 4.78 is 0. The van der Waals surface area contributed by atoms with Crippen LogP contribution in [0.25, 0.3) is 10.2 Å². The molecule has 0 bridgehead atoms. The molecule has 2 aromatic heterocycles. The van der Waals surface area contributed by atoms with Gasteiger partial charge in [0.1, 0.15) is 10.5 Å². The summed E-state index contributed by atoms with van der Waals surface area (Å²) in [6.45, 7) is 3.23. The van der Waals surface area contributed by atoms with E-state index in [9.17, 15) is 9.59 Å². The van der Waals surface area contributed by atoms with Crippen LogP contribution in [0.3, 0.4) is 0 Å². The first kappa shape index (κ1) is 17.8. The normalized spacial score (nSPS) is 16.4. The molecule has 4 rings (SSSR count). The minimum atomic E-state index is -0.0349. The smallest absolute Gasteiger partial charge is 0.270 e. The molecule has 2 N–H and O–H groups in total. The van der Waals surface area contributed by atoms with Gasteiger partial charge in [-0.2, -0.15) is 0 Å². The Morgan fingerprint density at radius 3 is 2.63 bits per heavy atom. The second-order valence-electron chi connectivity index (χ2n) is 7.10. The van der Waals surface area contributed by atoms with E-state index in [1.165, 1.54) is 0 Å². The molecule has 27 heavy (non-hydrogen) atoms. The first-order chi connectivity index (χ1) is 13.1. The lowest BCUT2D eigenvalue weighted by Crippen LogP contribution is -2.43. The highest BCUT2D eigenvalue weighted by molar-refractivity contribution is 7.16. The molecule has 1 saturated heterocycles. The maximum absolute atomic E-state index is 12.7. The molecule has 1 aromatic carbocycles. The summed E-state index contributed by atoms with van der Waals surface area (Å²) in [5.74, 6) is 0.0705. The van der Waals surface area contributed by atoms with Gasteiger partial charge in [0.2, 0.25) is 5.91 Å². The molecule has 1 fully saturated rings. The molecule has 5 nitrogen and oxygen atoms in total. The lowest BCUT2D eigenvalue weighted by molar-refractivity contribution is -0.126. The summed E-state index contributed by atoms with van der Waals surface area (Å²) in [4.78, 5) is 31.4. The first-order valence-electron chi connectivity index (χ1n) is 9.32. The van der Waals surface area contributed by atoms with Gasteiger partial charge in [0.15, 0.2) is 0 Å². The predicted octanol–water partition coefficient (Wildman–Crippen LogP) is 3.96. The number of likely N-dealkylation sites (tertiary alicyclic amines) is 1. The molecule has 140 valence electrons. The van der Waals surface area contributed by atoms with Crippen molar-refractivity contribution in [3.8, 4) is 0 Å². The first-order valence-corrected chi connectivity index (χ1v) is 10.2. The van der Waals surface area contributed by atoms with Crippen LogP contribution in [0.5, 0.6) is 0 Å². The summed E-state index contributed by atoms with van der Waals surface area (Å²) in [5, 5.41) is 6.20. The predicted molar refractivity (Wildman–Crippen MR) is 108 cm³/mol. The van der Waals surface area contributed by atoms with Gasteiger partial charge in [-0.1, -0.05) is 30.3 Å². The van der Waals surface area contributed by atoms with Gasteiger partial charge in [-0.25, -0.2) is 0 Å². The molecular formula is C21H23N3O2S. The van der Waals surface area contributed by atoms with Crippen molar-refractivity contribution in [1.82, 2.24) is 15.2 Å². The van der Waals surface area contributed by atoms with Gasteiger partial charge in [-0.3, -0.25) is 9.59 Å². The number of aromatic nitrogens is 1. The Kier molecular flexibility index (Phi) is 4.99. The third kappa shape index (κ3) is 3.76. The molecule has 3 aromatic rings. The van der Waals surface area contributed by atoms with Gasteiger partial charge >= 0.3 is 0 Å². The van der Waals surface area contributed by atoms with Crippen LogP contribution >= 0.6 is 11.3 Å². The van der Waals surface area contributed by atoms with Crippen LogP contribution in [0, 0.1) is 5.92 Å². The fourth-order valence-corrected chi connectivity index (χ4v) is 4.42. The topological polar surface area (TPSA) is 65.2 Å². The van der Waals surface area contributed by atoms with Gasteiger partial charge in [-0.15, -0.1) is 11.3 Å². The Morgan fingerprint density at radius 1 is 1.19 bits per heavy atom. The number of piperidine rings is 1. The zero-order valence-electron chi connectivity index (χ0n) is 15.3. The van der Waals surface area contributed by atoms with Gasteiger partial charge < -0.3 is 15.2 Å². The number of benzene rings is 1. The number of fused-ring (bicyclic) bond motifs is 1. The Hall–Kier alpha value is -2.60. The number of carbonyl (C=O) groups is 2. The lowest BCUT2D eigenvalue weighted by Gasteiger charge is -2.31. The van der Waals surface area contributed by atoms with Gasteiger partial charge in [0.05, 0.1) is 6.04 Å². The molecule has 0 spiro atoms. The average Bonchev–Trinajstić information content (AvgIpc) is 3.30. The summed E-state index contributed by atoms with van der Waals surface area (Å²) >= 11 is 1.60. The van der Waals surface area contributed by atoms with Crippen LogP contribution in [0.1, 0.15) is 41.9 Å². The molecule has 1 aliphatic rings. The third-order valence-electron chi connectivity index (χ3n) is 5.29. The quantitative estimate of drug-likeness (QED) is 0.718. The van der Waals surface area contributed by atoms with E-state index in [2.05, 4.69) is 10.3 Å². The molecule has 0 radical (unpaired) electrons. The summed E-state index contributed by atoms with van der Waals surface area (Å²) in [7, 11) is 0. The number of rotatable bonds is 4. The van der Waals surface area contributed by atoms with E-state index in [4.69, 9.17) is 0 Å². The number of hydrogen-bond acceptors (Lipinski definition) is 3. The molecule has 0 unspecified atom stereocenters. The van der Waals surface area contributed by atoms with Crippen molar-refractivity contribution in [3.63, 3.8) is 0 Å². The highest BCUT2D eigenvalue weighted by atomic mass is 32.1. The van der Waals surface area contributed by atoms with E-state index in [0.29, 0.717) is 31.6 Å². The van der Waals surface area contributed by atoms with Crippen LogP contribution in [0.4, 0.5) is 0 Å². The van der Waals surface area contributed by atoms with Crippen molar-refractivity contribution in [2.24, 2.45) is 5.92 Å². The molecule has 2 amide bonds. The molecule has 3 heterocycles. The maximum Gasteiger partial charge on any atom is 0.270 e. The molecule has 6 heteroatoms. The van der Waals surface area contributed by atoms with E-state index < -0.39 is 0 Å². The molecular weight excluding hydrogens is 358 g/mol. The largest absolute Gasteiger partial charge is 0.349 e. The van der Waals surface area contributed by atoms with Crippen LogP contribution in [0.2, 0.25) is 0 Å². The summed E-state index contributed by atoms with van der Waals surface area (Å²) in [6, 6.07) is 13.9. The number of carbonyl (C=O) groups excluding carboxylic acids is 2. The molecule has 0 aliphatic carbocycles. The summed E-state index contributed by atoms with van der Waals surface area (Å²) in [6.07, 6.45) is 1.41. The number of thiophene rings is 1. The number of nitrogens with zero attached hydrogens (tertiary/aromatic N) is 1. The van der Waals surface area contributed by atoms with Gasteiger partial charge in [0.25, 0.3) is 5.91 Å². The summed E-state index contributed by atoms with van der Waals surface area (Å²) in [5.41, 5.74) is 1.74. The average molecular weight is 382 g/mol. The molecule has 1 atom stereocenters. The molecule has 0 saturated carbocycles. The van der Waals surface area contributed by atoms with Crippen molar-refractivity contribution in [3.05, 3.63) is 59.1 Å². The van der Waals surface area contributed by atoms with Crippen LogP contribution < -0.4 is 5.32 Å². The number of amides is 2. The zero-order chi connectivity index (χ0) is 18.8. The highest BCUT2D eigenvalue weighted by Crippen LogP contribution is 2.24. The second-order valence-corrected chi connectivity index (χ2v) is 8.01. The monoisotopic (exact) mass is 381 g/mol. The SMILES string of the molecule is C[C@@H](NC(=O)C1CCN(C(=O)c2cc3ccsc3[nH]2)CC1)c1ccccc1. The third-order valence-corrected chi connectivity index (χ3v) is 6.13. The van der Waals surface area contributed by atoms with E-state index in [1.807, 2.05) is 59.7 Å². The van der Waals surface area contributed by atoms with Crippen LogP contribution in [-0.2, 0) is 4.79 Å². The van der Waals surface area contributed by atoms with Crippen molar-refractivity contribution in [2.45, 2.75) is 25.8 Å². The van der Waals surface area contributed by atoms with E-state index in [0.717, 1.165) is 15.8 Å². The highest BCUT2D eigenvalue weighted by Gasteiger charge is 2.29. The van der Waals surface area contributed by atoms with Crippen molar-refractivity contribution in [1.29, 1.82) is 0 Å². The number of H-pyrrole nitrogens is 1. The lowest BCUT2D eigenvalue weighted by atomic mass is 9.95. The number of nitrogens with one attached hydrogen (secondary N) is 2. The Morgan fingerprint density at radius 2 is 1.93 bits per heavy atom. The minimum absolute atomic E-state index is 0.00906. The van der Waals surface area contributed by atoms with Crippen LogP contribution in [0.15, 0.2) is 47.8 Å². The Labute approximate surface area is 162 Å². The Bertz CT molecular complexity index is 910. The van der Waals surface area contributed by atoms with Crippen LogP contribution in [-0.4, -0.2) is 34.8 Å². The van der Waals surface area contributed by atoms with Crippen molar-refractivity contribution >= 4 is 33.4 Å². The van der Waals surface area contributed by atoms with E-state index in [-0.39, 0.29) is 23.8 Å². The van der Waals surface area contributed by atoms with Gasteiger partial charge in [-0.05, 0) is 42.8 Å². The van der Waals surface area contributed by atoms with E-state index >= 15 is 0 Å². The maximum atomic E-state index is 12.7. The fraction of sp³-hybridized carbons (Fsp3) is 0.333. The minimum Gasteiger partial charge on any atom is -0.349 e. The second kappa shape index (κ2) is 7.56. The zero-order valence-corrected chi connectivity index (χ0v) is 16.1. The fourth-order valence-electron chi connectivity index (χ4n) is 3.63. The molecule has 1 aliphatic heterocycles. The number of hydrogen-bond donors (Lipinski definition) is 2. The van der Waals surface area contributed by atoms with Crippen molar-refractivity contribution in [2.75, 3.05) is 13.1 Å². The number of aromatic amines is 1. The standard InChI is InChI=1S/C21H23N3O2S/c1-14(15-5-3-2-4-6-15)22-19(25)16-7-10-24(11-8-16)21(26)18-13-17-9-12-27-20(17)23-18/h2-6,9,12-14,16,23H,7-8,10-11H2,1H3,(H,22,25)/t14-/m1/s1.